The molecule has 0 unspecified atom stereocenters. The van der Waals surface area contributed by atoms with Crippen LogP contribution in [0, 0.1) is 0 Å². The number of rotatable bonds is 4. The van der Waals surface area contributed by atoms with Gasteiger partial charge < -0.3 is 10.1 Å². The summed E-state index contributed by atoms with van der Waals surface area (Å²) in [5.74, 6) is -0.333. The highest BCUT2D eigenvalue weighted by Crippen LogP contribution is 2.44. The van der Waals surface area contributed by atoms with Crippen molar-refractivity contribution in [3.63, 3.8) is 0 Å². The van der Waals surface area contributed by atoms with Gasteiger partial charge in [0.05, 0.1) is 18.1 Å². The van der Waals surface area contributed by atoms with Crippen LogP contribution in [0.25, 0.3) is 0 Å². The molecule has 1 fully saturated rings. The highest BCUT2D eigenvalue weighted by atomic mass is 32.1. The van der Waals surface area contributed by atoms with Crippen molar-refractivity contribution < 1.29 is 14.3 Å². The van der Waals surface area contributed by atoms with E-state index in [-0.39, 0.29) is 11.9 Å². The number of hydrogen-bond donors (Lipinski definition) is 1. The van der Waals surface area contributed by atoms with Crippen molar-refractivity contribution in [1.82, 2.24) is 0 Å². The third-order valence-corrected chi connectivity index (χ3v) is 7.21. The Hall–Kier alpha value is -2.14. The molecule has 0 spiro atoms. The van der Waals surface area contributed by atoms with Gasteiger partial charge in [-0.2, -0.15) is 0 Å². The predicted molar refractivity (Wildman–Crippen MR) is 108 cm³/mol. The van der Waals surface area contributed by atoms with Gasteiger partial charge in [0, 0.05) is 4.88 Å². The number of aryl methyl sites for hydroxylation is 1. The van der Waals surface area contributed by atoms with Crippen LogP contribution in [-0.4, -0.2) is 19.0 Å². The second-order valence-electron chi connectivity index (χ2n) is 7.52. The first-order valence-electron chi connectivity index (χ1n) is 9.75. The molecule has 0 saturated heterocycles. The Morgan fingerprint density at radius 1 is 1.04 bits per heavy atom. The van der Waals surface area contributed by atoms with Crippen molar-refractivity contribution in [3.8, 4) is 0 Å². The standard InChI is InChI=1S/C22H25NO3S/c1-26-20(24)18-16-11-5-6-12-17(16)27-19(18)23-21(25)22(13-7-8-14-22)15-9-3-2-4-10-15/h2-4,9-10H,5-8,11-14H2,1H3,(H,23,25). The van der Waals surface area contributed by atoms with Gasteiger partial charge in [0.15, 0.2) is 0 Å². The van der Waals surface area contributed by atoms with E-state index in [9.17, 15) is 9.59 Å². The molecule has 1 saturated carbocycles. The van der Waals surface area contributed by atoms with Gasteiger partial charge in [-0.25, -0.2) is 4.79 Å². The maximum absolute atomic E-state index is 13.5. The van der Waals surface area contributed by atoms with Gasteiger partial charge in [0.1, 0.15) is 5.00 Å². The van der Waals surface area contributed by atoms with Crippen molar-refractivity contribution in [2.24, 2.45) is 0 Å². The molecule has 1 N–H and O–H groups in total. The molecule has 0 atom stereocenters. The SMILES string of the molecule is COC(=O)c1c(NC(=O)C2(c3ccccc3)CCCC2)sc2c1CCCC2. The van der Waals surface area contributed by atoms with Crippen molar-refractivity contribution in [2.75, 3.05) is 12.4 Å². The van der Waals surface area contributed by atoms with Crippen molar-refractivity contribution in [1.29, 1.82) is 0 Å². The summed E-state index contributed by atoms with van der Waals surface area (Å²) < 4.78 is 5.03. The molecule has 0 radical (unpaired) electrons. The summed E-state index contributed by atoms with van der Waals surface area (Å²) in [7, 11) is 1.41. The van der Waals surface area contributed by atoms with Gasteiger partial charge in [0.2, 0.25) is 5.91 Å². The van der Waals surface area contributed by atoms with Crippen LogP contribution in [0.2, 0.25) is 0 Å². The molecule has 1 aromatic carbocycles. The molecule has 5 heteroatoms. The van der Waals surface area contributed by atoms with Crippen LogP contribution in [0.15, 0.2) is 30.3 Å². The number of ether oxygens (including phenoxy) is 1. The van der Waals surface area contributed by atoms with Gasteiger partial charge in [0.25, 0.3) is 0 Å². The number of amides is 1. The third kappa shape index (κ3) is 3.18. The van der Waals surface area contributed by atoms with Crippen LogP contribution in [0.1, 0.15) is 64.9 Å². The lowest BCUT2D eigenvalue weighted by molar-refractivity contribution is -0.121. The molecule has 142 valence electrons. The van der Waals surface area contributed by atoms with Crippen molar-refractivity contribution in [3.05, 3.63) is 51.9 Å². The summed E-state index contributed by atoms with van der Waals surface area (Å²) >= 11 is 1.55. The normalized spacial score (nSPS) is 18.0. The number of hydrogen-bond acceptors (Lipinski definition) is 4. The highest BCUT2D eigenvalue weighted by Gasteiger charge is 2.43. The summed E-state index contributed by atoms with van der Waals surface area (Å²) in [5, 5.41) is 3.81. The molecule has 4 rings (SSSR count). The largest absolute Gasteiger partial charge is 0.465 e. The fraction of sp³-hybridized carbons (Fsp3) is 0.455. The van der Waals surface area contributed by atoms with Crippen LogP contribution in [0.3, 0.4) is 0 Å². The Labute approximate surface area is 163 Å². The van der Waals surface area contributed by atoms with E-state index in [4.69, 9.17) is 4.74 Å². The molecule has 1 amide bonds. The summed E-state index contributed by atoms with van der Waals surface area (Å²) in [5.41, 5.74) is 2.22. The minimum absolute atomic E-state index is 0.00921. The molecule has 0 bridgehead atoms. The fourth-order valence-electron chi connectivity index (χ4n) is 4.58. The van der Waals surface area contributed by atoms with Gasteiger partial charge in [-0.15, -0.1) is 11.3 Å². The number of carbonyl (C=O) groups excluding carboxylic acids is 2. The molecular formula is C22H25NO3S. The predicted octanol–water partition coefficient (Wildman–Crippen LogP) is 4.86. The number of esters is 1. The molecule has 4 nitrogen and oxygen atoms in total. The van der Waals surface area contributed by atoms with Gasteiger partial charge in [-0.3, -0.25) is 4.79 Å². The Balaban J connectivity index is 1.70. The first-order chi connectivity index (χ1) is 13.2. The number of nitrogens with one attached hydrogen (secondary N) is 1. The second-order valence-corrected chi connectivity index (χ2v) is 8.62. The molecule has 2 aliphatic rings. The monoisotopic (exact) mass is 383 g/mol. The van der Waals surface area contributed by atoms with Crippen molar-refractivity contribution >= 4 is 28.2 Å². The lowest BCUT2D eigenvalue weighted by Crippen LogP contribution is -2.38. The lowest BCUT2D eigenvalue weighted by atomic mass is 9.78. The number of fused-ring (bicyclic) bond motifs is 1. The summed E-state index contributed by atoms with van der Waals surface area (Å²) in [6.07, 6.45) is 7.87. The number of thiophene rings is 1. The van der Waals surface area contributed by atoms with Crippen LogP contribution >= 0.6 is 11.3 Å². The number of benzene rings is 1. The summed E-state index contributed by atoms with van der Waals surface area (Å²) in [6, 6.07) is 10.1. The van der Waals surface area contributed by atoms with Gasteiger partial charge in [-0.1, -0.05) is 43.2 Å². The quantitative estimate of drug-likeness (QED) is 0.767. The van der Waals surface area contributed by atoms with Crippen LogP contribution in [-0.2, 0) is 27.8 Å². The lowest BCUT2D eigenvalue weighted by Gasteiger charge is -2.28. The molecule has 27 heavy (non-hydrogen) atoms. The van der Waals surface area contributed by atoms with Gasteiger partial charge in [-0.05, 0) is 49.7 Å². The Bertz CT molecular complexity index is 850. The van der Waals surface area contributed by atoms with E-state index in [1.165, 1.54) is 12.0 Å². The first kappa shape index (κ1) is 18.2. The average molecular weight is 384 g/mol. The second kappa shape index (κ2) is 7.47. The van der Waals surface area contributed by atoms with Crippen LogP contribution in [0.4, 0.5) is 5.00 Å². The zero-order valence-electron chi connectivity index (χ0n) is 15.7. The Kier molecular flexibility index (Phi) is 5.04. The fourth-order valence-corrected chi connectivity index (χ4v) is 5.85. The number of methoxy groups -OCH3 is 1. The smallest absolute Gasteiger partial charge is 0.341 e. The average Bonchev–Trinajstić information content (AvgIpc) is 3.33. The minimum atomic E-state index is -0.501. The van der Waals surface area contributed by atoms with E-state index in [1.54, 1.807) is 11.3 Å². The Morgan fingerprint density at radius 3 is 2.44 bits per heavy atom. The number of carbonyl (C=O) groups is 2. The first-order valence-corrected chi connectivity index (χ1v) is 10.6. The van der Waals surface area contributed by atoms with Crippen molar-refractivity contribution in [2.45, 2.75) is 56.8 Å². The third-order valence-electron chi connectivity index (χ3n) is 6.01. The Morgan fingerprint density at radius 2 is 1.74 bits per heavy atom. The summed E-state index contributed by atoms with van der Waals surface area (Å²) in [4.78, 5) is 27.1. The molecule has 0 aliphatic heterocycles. The number of anilines is 1. The van der Waals surface area contributed by atoms with E-state index in [2.05, 4.69) is 5.32 Å². The molecule has 1 aromatic heterocycles. The van der Waals surface area contributed by atoms with Crippen LogP contribution < -0.4 is 5.32 Å². The van der Waals surface area contributed by atoms with E-state index in [0.717, 1.165) is 62.5 Å². The molecular weight excluding hydrogens is 358 g/mol. The maximum Gasteiger partial charge on any atom is 0.341 e. The van der Waals surface area contributed by atoms with E-state index in [0.29, 0.717) is 10.6 Å². The zero-order valence-corrected chi connectivity index (χ0v) is 16.5. The minimum Gasteiger partial charge on any atom is -0.465 e. The topological polar surface area (TPSA) is 55.4 Å². The molecule has 2 aromatic rings. The zero-order chi connectivity index (χ0) is 18.9. The molecule has 1 heterocycles. The maximum atomic E-state index is 13.5. The molecule has 2 aliphatic carbocycles. The van der Waals surface area contributed by atoms with Gasteiger partial charge >= 0.3 is 5.97 Å². The highest BCUT2D eigenvalue weighted by molar-refractivity contribution is 7.17. The van der Waals surface area contributed by atoms with E-state index < -0.39 is 5.41 Å². The van der Waals surface area contributed by atoms with E-state index in [1.807, 2.05) is 30.3 Å². The summed E-state index contributed by atoms with van der Waals surface area (Å²) in [6.45, 7) is 0. The van der Waals surface area contributed by atoms with E-state index >= 15 is 0 Å². The van der Waals surface area contributed by atoms with Crippen LogP contribution in [0.5, 0.6) is 0 Å².